The number of benzene rings is 1. The quantitative estimate of drug-likeness (QED) is 0.897. The average molecular weight is 359 g/mol. The van der Waals surface area contributed by atoms with E-state index in [-0.39, 0.29) is 4.47 Å². The maximum Gasteiger partial charge on any atom is 0.573 e. The third-order valence-corrected chi connectivity index (χ3v) is 3.22. The van der Waals surface area contributed by atoms with Gasteiger partial charge in [0.25, 0.3) is 0 Å². The molecule has 1 rings (SSSR count). The molecule has 0 atom stereocenters. The third-order valence-electron chi connectivity index (χ3n) is 1.69. The van der Waals surface area contributed by atoms with E-state index in [4.69, 9.17) is 5.26 Å². The molecule has 0 aliphatic heterocycles. The van der Waals surface area contributed by atoms with Crippen molar-refractivity contribution in [3.05, 3.63) is 22.7 Å². The van der Waals surface area contributed by atoms with E-state index in [2.05, 4.69) is 20.7 Å². The van der Waals surface area contributed by atoms with Gasteiger partial charge in [-0.25, -0.2) is 8.42 Å². The van der Waals surface area contributed by atoms with Gasteiger partial charge in [0.15, 0.2) is 11.5 Å². The summed E-state index contributed by atoms with van der Waals surface area (Å²) in [7, 11) is -4.05. The first-order valence-corrected chi connectivity index (χ1v) is 7.00. The van der Waals surface area contributed by atoms with Crippen molar-refractivity contribution < 1.29 is 26.3 Å². The molecule has 104 valence electrons. The lowest BCUT2D eigenvalue weighted by atomic mass is 10.3. The number of alkyl halides is 3. The molecule has 0 unspecified atom stereocenters. The second kappa shape index (κ2) is 5.66. The van der Waals surface area contributed by atoms with Crippen LogP contribution in [0.1, 0.15) is 0 Å². The summed E-state index contributed by atoms with van der Waals surface area (Å²) in [5, 5.41) is 8.29. The Labute approximate surface area is 115 Å². The maximum absolute atomic E-state index is 12.2. The number of hydrogen-bond acceptors (Lipinski definition) is 4. The fourth-order valence-corrected chi connectivity index (χ4v) is 2.16. The third kappa shape index (κ3) is 5.35. The molecule has 10 heteroatoms. The van der Waals surface area contributed by atoms with Crippen LogP contribution >= 0.6 is 15.9 Å². The summed E-state index contributed by atoms with van der Waals surface area (Å²) in [6, 6.07) is 4.75. The van der Waals surface area contributed by atoms with E-state index in [1.165, 1.54) is 12.1 Å². The predicted molar refractivity (Wildman–Crippen MR) is 63.8 cm³/mol. The van der Waals surface area contributed by atoms with Gasteiger partial charge in [-0.1, -0.05) is 15.9 Å². The summed E-state index contributed by atoms with van der Waals surface area (Å²) in [6.07, 6.45) is -4.96. The van der Waals surface area contributed by atoms with Gasteiger partial charge >= 0.3 is 6.36 Å². The highest BCUT2D eigenvalue weighted by Crippen LogP contribution is 2.33. The summed E-state index contributed by atoms with van der Waals surface area (Å²) in [5.41, 5.74) is -0.407. The minimum absolute atomic E-state index is 0.273. The highest BCUT2D eigenvalue weighted by molar-refractivity contribution is 9.10. The number of hydrogen-bond donors (Lipinski definition) is 1. The first-order chi connectivity index (χ1) is 8.63. The summed E-state index contributed by atoms with van der Waals surface area (Å²) < 4.78 is 65.0. The van der Waals surface area contributed by atoms with Crippen molar-refractivity contribution >= 4 is 31.6 Å². The molecule has 0 saturated heterocycles. The van der Waals surface area contributed by atoms with Crippen molar-refractivity contribution in [3.63, 3.8) is 0 Å². The van der Waals surface area contributed by atoms with Crippen LogP contribution in [0.25, 0.3) is 0 Å². The van der Waals surface area contributed by atoms with Crippen LogP contribution in [0.2, 0.25) is 0 Å². The van der Waals surface area contributed by atoms with Crippen LogP contribution in [0, 0.1) is 11.3 Å². The van der Waals surface area contributed by atoms with Gasteiger partial charge in [-0.2, -0.15) is 5.26 Å². The van der Waals surface area contributed by atoms with Crippen molar-refractivity contribution in [3.8, 4) is 11.8 Å². The SMILES string of the molecule is N#CCS(=O)(=O)Nc1ccc(Br)cc1OC(F)(F)F. The lowest BCUT2D eigenvalue weighted by Gasteiger charge is -2.14. The summed E-state index contributed by atoms with van der Waals surface area (Å²) >= 11 is 2.94. The van der Waals surface area contributed by atoms with E-state index in [1.807, 2.05) is 4.72 Å². The Kier molecular flexibility index (Phi) is 4.65. The van der Waals surface area contributed by atoms with E-state index in [9.17, 15) is 21.6 Å². The van der Waals surface area contributed by atoms with Crippen LogP contribution < -0.4 is 9.46 Å². The summed E-state index contributed by atoms with van der Waals surface area (Å²) in [5.74, 6) is -1.60. The summed E-state index contributed by atoms with van der Waals surface area (Å²) in [6.45, 7) is 0. The molecular weight excluding hydrogens is 353 g/mol. The van der Waals surface area contributed by atoms with Crippen LogP contribution in [-0.2, 0) is 10.0 Å². The number of nitriles is 1. The molecule has 19 heavy (non-hydrogen) atoms. The molecule has 0 radical (unpaired) electrons. The number of anilines is 1. The molecule has 0 fully saturated rings. The monoisotopic (exact) mass is 358 g/mol. The lowest BCUT2D eigenvalue weighted by molar-refractivity contribution is -0.274. The molecular formula is C9H6BrF3N2O3S. The summed E-state index contributed by atoms with van der Waals surface area (Å²) in [4.78, 5) is 0. The predicted octanol–water partition coefficient (Wildman–Crippen LogP) is 2.61. The van der Waals surface area contributed by atoms with Crippen LogP contribution in [0.3, 0.4) is 0 Å². The highest BCUT2D eigenvalue weighted by Gasteiger charge is 2.32. The van der Waals surface area contributed by atoms with Gasteiger partial charge < -0.3 is 4.74 Å². The van der Waals surface area contributed by atoms with Gasteiger partial charge in [0.1, 0.15) is 0 Å². The number of sulfonamides is 1. The van der Waals surface area contributed by atoms with Gasteiger partial charge in [0.05, 0.1) is 11.8 Å². The van der Waals surface area contributed by atoms with Crippen molar-refractivity contribution in [2.75, 3.05) is 10.5 Å². The molecule has 0 heterocycles. The Hall–Kier alpha value is -1.47. The molecule has 0 amide bonds. The molecule has 0 aliphatic rings. The highest BCUT2D eigenvalue weighted by atomic mass is 79.9. The topological polar surface area (TPSA) is 79.2 Å². The first kappa shape index (κ1) is 15.6. The number of rotatable bonds is 4. The number of nitrogens with one attached hydrogen (secondary N) is 1. The van der Waals surface area contributed by atoms with E-state index < -0.39 is 33.6 Å². The zero-order chi connectivity index (χ0) is 14.7. The molecule has 0 saturated carbocycles. The van der Waals surface area contributed by atoms with E-state index in [0.29, 0.717) is 0 Å². The Morgan fingerprint density at radius 1 is 1.42 bits per heavy atom. The van der Waals surface area contributed by atoms with Crippen LogP contribution in [0.4, 0.5) is 18.9 Å². The lowest BCUT2D eigenvalue weighted by Crippen LogP contribution is -2.20. The van der Waals surface area contributed by atoms with E-state index in [0.717, 1.165) is 12.1 Å². The number of ether oxygens (including phenoxy) is 1. The fraction of sp³-hybridized carbons (Fsp3) is 0.222. The Morgan fingerprint density at radius 3 is 2.58 bits per heavy atom. The van der Waals surface area contributed by atoms with Gasteiger partial charge in [0.2, 0.25) is 10.0 Å². The normalized spacial score (nSPS) is 11.7. The zero-order valence-corrected chi connectivity index (χ0v) is 11.4. The first-order valence-electron chi connectivity index (χ1n) is 4.56. The number of nitrogens with zero attached hydrogens (tertiary/aromatic N) is 1. The Bertz CT molecular complexity index is 610. The maximum atomic E-state index is 12.2. The Morgan fingerprint density at radius 2 is 2.05 bits per heavy atom. The minimum Gasteiger partial charge on any atom is -0.403 e. The molecule has 1 N–H and O–H groups in total. The number of halogens is 4. The van der Waals surface area contributed by atoms with E-state index >= 15 is 0 Å². The molecule has 0 spiro atoms. The van der Waals surface area contributed by atoms with Gasteiger partial charge in [0, 0.05) is 4.47 Å². The van der Waals surface area contributed by atoms with Gasteiger partial charge in [-0.3, -0.25) is 4.72 Å². The van der Waals surface area contributed by atoms with Gasteiger partial charge in [-0.05, 0) is 18.2 Å². The average Bonchev–Trinajstić information content (AvgIpc) is 2.19. The largest absolute Gasteiger partial charge is 0.573 e. The Balaban J connectivity index is 3.11. The van der Waals surface area contributed by atoms with Crippen LogP contribution in [0.5, 0.6) is 5.75 Å². The van der Waals surface area contributed by atoms with Crippen molar-refractivity contribution in [2.45, 2.75) is 6.36 Å². The van der Waals surface area contributed by atoms with Crippen LogP contribution in [0.15, 0.2) is 22.7 Å². The zero-order valence-electron chi connectivity index (χ0n) is 9.03. The molecule has 0 aliphatic carbocycles. The standard InChI is InChI=1S/C9H6BrF3N2O3S/c10-6-1-2-7(15-19(16,17)4-3-14)8(5-6)18-9(11,12)13/h1-2,5,15H,4H2. The molecule has 0 aromatic heterocycles. The van der Waals surface area contributed by atoms with Crippen molar-refractivity contribution in [1.29, 1.82) is 5.26 Å². The van der Waals surface area contributed by atoms with Crippen molar-refractivity contribution in [2.24, 2.45) is 0 Å². The second-order valence-electron chi connectivity index (χ2n) is 3.21. The smallest absolute Gasteiger partial charge is 0.403 e. The van der Waals surface area contributed by atoms with Gasteiger partial charge in [-0.15, -0.1) is 13.2 Å². The second-order valence-corrected chi connectivity index (χ2v) is 5.85. The van der Waals surface area contributed by atoms with E-state index in [1.54, 1.807) is 0 Å². The molecule has 1 aromatic rings. The molecule has 0 bridgehead atoms. The molecule has 1 aromatic carbocycles. The minimum atomic E-state index is -4.96. The fourth-order valence-electron chi connectivity index (χ4n) is 1.08. The van der Waals surface area contributed by atoms with Crippen molar-refractivity contribution in [1.82, 2.24) is 0 Å². The van der Waals surface area contributed by atoms with Crippen LogP contribution in [-0.4, -0.2) is 20.5 Å². The molecule has 5 nitrogen and oxygen atoms in total.